The molecule has 4 nitrogen and oxygen atoms in total. The SMILES string of the molecule is CC1CCN(c2cccc(Br)c2C(N)=O)CC1N. The molecule has 1 aliphatic heterocycles. The number of amides is 1. The summed E-state index contributed by atoms with van der Waals surface area (Å²) in [4.78, 5) is 13.7. The number of hydrogen-bond donors (Lipinski definition) is 2. The molecule has 1 aromatic carbocycles. The fourth-order valence-electron chi connectivity index (χ4n) is 2.34. The monoisotopic (exact) mass is 311 g/mol. The number of carbonyl (C=O) groups is 1. The quantitative estimate of drug-likeness (QED) is 0.873. The van der Waals surface area contributed by atoms with Crippen molar-refractivity contribution in [2.24, 2.45) is 17.4 Å². The van der Waals surface area contributed by atoms with Gasteiger partial charge in [-0.2, -0.15) is 0 Å². The fraction of sp³-hybridized carbons (Fsp3) is 0.462. The summed E-state index contributed by atoms with van der Waals surface area (Å²) in [6, 6.07) is 5.80. The van der Waals surface area contributed by atoms with Gasteiger partial charge < -0.3 is 16.4 Å². The molecular formula is C13H18BrN3O. The smallest absolute Gasteiger partial charge is 0.251 e. The van der Waals surface area contributed by atoms with Gasteiger partial charge in [0, 0.05) is 23.6 Å². The van der Waals surface area contributed by atoms with Crippen LogP contribution in [0.5, 0.6) is 0 Å². The van der Waals surface area contributed by atoms with Crippen LogP contribution in [0.2, 0.25) is 0 Å². The van der Waals surface area contributed by atoms with Crippen molar-refractivity contribution in [3.05, 3.63) is 28.2 Å². The van der Waals surface area contributed by atoms with Gasteiger partial charge in [0.2, 0.25) is 0 Å². The van der Waals surface area contributed by atoms with E-state index in [1.807, 2.05) is 18.2 Å². The molecule has 0 aliphatic carbocycles. The molecule has 5 heteroatoms. The van der Waals surface area contributed by atoms with Crippen LogP contribution in [0.4, 0.5) is 5.69 Å². The van der Waals surface area contributed by atoms with Gasteiger partial charge in [-0.25, -0.2) is 0 Å². The van der Waals surface area contributed by atoms with Crippen molar-refractivity contribution in [1.29, 1.82) is 0 Å². The number of piperidine rings is 1. The van der Waals surface area contributed by atoms with Gasteiger partial charge in [-0.1, -0.05) is 13.0 Å². The third kappa shape index (κ3) is 2.52. The average Bonchev–Trinajstić information content (AvgIpc) is 2.32. The molecule has 18 heavy (non-hydrogen) atoms. The number of rotatable bonds is 2. The zero-order valence-corrected chi connectivity index (χ0v) is 12.0. The van der Waals surface area contributed by atoms with E-state index in [4.69, 9.17) is 11.5 Å². The van der Waals surface area contributed by atoms with Gasteiger partial charge in [0.1, 0.15) is 0 Å². The van der Waals surface area contributed by atoms with Crippen molar-refractivity contribution in [2.75, 3.05) is 18.0 Å². The first-order valence-electron chi connectivity index (χ1n) is 6.09. The van der Waals surface area contributed by atoms with E-state index in [0.717, 1.165) is 29.7 Å². The van der Waals surface area contributed by atoms with Crippen LogP contribution in [0.25, 0.3) is 0 Å². The summed E-state index contributed by atoms with van der Waals surface area (Å²) in [6.07, 6.45) is 1.03. The summed E-state index contributed by atoms with van der Waals surface area (Å²) in [6.45, 7) is 3.83. The van der Waals surface area contributed by atoms with Gasteiger partial charge >= 0.3 is 0 Å². The number of halogens is 1. The Morgan fingerprint density at radius 1 is 1.50 bits per heavy atom. The Hall–Kier alpha value is -1.07. The third-order valence-electron chi connectivity index (χ3n) is 3.60. The molecule has 1 aliphatic rings. The van der Waals surface area contributed by atoms with E-state index in [2.05, 4.69) is 27.8 Å². The molecule has 1 aromatic rings. The van der Waals surface area contributed by atoms with E-state index >= 15 is 0 Å². The molecule has 0 aromatic heterocycles. The number of primary amides is 1. The Labute approximate surface area is 115 Å². The van der Waals surface area contributed by atoms with Crippen LogP contribution >= 0.6 is 15.9 Å². The molecule has 98 valence electrons. The number of anilines is 1. The van der Waals surface area contributed by atoms with E-state index in [1.54, 1.807) is 0 Å². The Kier molecular flexibility index (Phi) is 3.92. The average molecular weight is 312 g/mol. The lowest BCUT2D eigenvalue weighted by atomic mass is 9.93. The number of carbonyl (C=O) groups excluding carboxylic acids is 1. The summed E-state index contributed by atoms with van der Waals surface area (Å²) in [5, 5.41) is 0. The zero-order chi connectivity index (χ0) is 13.3. The standard InChI is InChI=1S/C13H18BrN3O/c1-8-5-6-17(7-10(8)15)11-4-2-3-9(14)12(11)13(16)18/h2-4,8,10H,5-7,15H2,1H3,(H2,16,18). The molecule has 0 spiro atoms. The third-order valence-corrected chi connectivity index (χ3v) is 4.26. The van der Waals surface area contributed by atoms with Crippen molar-refractivity contribution < 1.29 is 4.79 Å². The topological polar surface area (TPSA) is 72.3 Å². The minimum Gasteiger partial charge on any atom is -0.369 e. The first-order valence-corrected chi connectivity index (χ1v) is 6.89. The molecule has 1 fully saturated rings. The molecule has 2 rings (SSSR count). The first-order chi connectivity index (χ1) is 8.50. The Balaban J connectivity index is 2.34. The Bertz CT molecular complexity index is 464. The number of benzene rings is 1. The van der Waals surface area contributed by atoms with E-state index in [-0.39, 0.29) is 6.04 Å². The van der Waals surface area contributed by atoms with Crippen LogP contribution in [0.15, 0.2) is 22.7 Å². The largest absolute Gasteiger partial charge is 0.369 e. The summed E-state index contributed by atoms with van der Waals surface area (Å²) < 4.78 is 0.736. The second-order valence-electron chi connectivity index (χ2n) is 4.87. The first kappa shape index (κ1) is 13.4. The van der Waals surface area contributed by atoms with Gasteiger partial charge in [0.15, 0.2) is 0 Å². The van der Waals surface area contributed by atoms with Crippen molar-refractivity contribution in [3.63, 3.8) is 0 Å². The Morgan fingerprint density at radius 2 is 2.22 bits per heavy atom. The predicted octanol–water partition coefficient (Wildman–Crippen LogP) is 1.72. The van der Waals surface area contributed by atoms with Crippen molar-refractivity contribution in [2.45, 2.75) is 19.4 Å². The van der Waals surface area contributed by atoms with Crippen molar-refractivity contribution in [1.82, 2.24) is 0 Å². The van der Waals surface area contributed by atoms with Gasteiger partial charge in [-0.15, -0.1) is 0 Å². The van der Waals surface area contributed by atoms with E-state index in [1.165, 1.54) is 0 Å². The maximum absolute atomic E-state index is 11.6. The number of nitrogens with zero attached hydrogens (tertiary/aromatic N) is 1. The highest BCUT2D eigenvalue weighted by Gasteiger charge is 2.26. The van der Waals surface area contributed by atoms with Crippen LogP contribution < -0.4 is 16.4 Å². The van der Waals surface area contributed by atoms with Gasteiger partial charge in [0.05, 0.1) is 11.3 Å². The summed E-state index contributed by atoms with van der Waals surface area (Å²) >= 11 is 3.38. The molecule has 4 N–H and O–H groups in total. The molecule has 0 saturated carbocycles. The lowest BCUT2D eigenvalue weighted by Gasteiger charge is -2.37. The summed E-state index contributed by atoms with van der Waals surface area (Å²) in [5.74, 6) is 0.107. The minimum atomic E-state index is -0.412. The maximum Gasteiger partial charge on any atom is 0.251 e. The molecule has 2 atom stereocenters. The van der Waals surface area contributed by atoms with Crippen LogP contribution in [-0.2, 0) is 0 Å². The lowest BCUT2D eigenvalue weighted by Crippen LogP contribution is -2.48. The molecular weight excluding hydrogens is 294 g/mol. The van der Waals surface area contributed by atoms with Crippen LogP contribution in [0, 0.1) is 5.92 Å². The van der Waals surface area contributed by atoms with E-state index in [0.29, 0.717) is 11.5 Å². The van der Waals surface area contributed by atoms with Crippen LogP contribution in [-0.4, -0.2) is 25.0 Å². The molecule has 0 radical (unpaired) electrons. The van der Waals surface area contributed by atoms with E-state index < -0.39 is 5.91 Å². The normalized spacial score (nSPS) is 24.1. The second-order valence-corrected chi connectivity index (χ2v) is 5.73. The van der Waals surface area contributed by atoms with Crippen molar-refractivity contribution in [3.8, 4) is 0 Å². The molecule has 1 amide bonds. The predicted molar refractivity (Wildman–Crippen MR) is 76.6 cm³/mol. The maximum atomic E-state index is 11.6. The van der Waals surface area contributed by atoms with Crippen molar-refractivity contribution >= 4 is 27.5 Å². The fourth-order valence-corrected chi connectivity index (χ4v) is 2.89. The second kappa shape index (κ2) is 5.28. The number of hydrogen-bond acceptors (Lipinski definition) is 3. The van der Waals surface area contributed by atoms with Gasteiger partial charge in [0.25, 0.3) is 5.91 Å². The lowest BCUT2D eigenvalue weighted by molar-refractivity contribution is 0.1000. The summed E-state index contributed by atoms with van der Waals surface area (Å²) in [7, 11) is 0. The Morgan fingerprint density at radius 3 is 2.83 bits per heavy atom. The molecule has 0 bridgehead atoms. The molecule has 2 unspecified atom stereocenters. The number of nitrogens with two attached hydrogens (primary N) is 2. The van der Waals surface area contributed by atoms with Crippen LogP contribution in [0.1, 0.15) is 23.7 Å². The minimum absolute atomic E-state index is 0.137. The highest BCUT2D eigenvalue weighted by atomic mass is 79.9. The highest BCUT2D eigenvalue weighted by molar-refractivity contribution is 9.10. The highest BCUT2D eigenvalue weighted by Crippen LogP contribution is 2.30. The van der Waals surface area contributed by atoms with Gasteiger partial charge in [-0.05, 0) is 40.4 Å². The zero-order valence-electron chi connectivity index (χ0n) is 10.4. The molecule has 1 saturated heterocycles. The van der Waals surface area contributed by atoms with Gasteiger partial charge in [-0.3, -0.25) is 4.79 Å². The summed E-state index contributed by atoms with van der Waals surface area (Å²) in [5.41, 5.74) is 13.0. The van der Waals surface area contributed by atoms with E-state index in [9.17, 15) is 4.79 Å². The van der Waals surface area contributed by atoms with Crippen LogP contribution in [0.3, 0.4) is 0 Å². The molecule has 1 heterocycles.